The maximum atomic E-state index is 14.5. The summed E-state index contributed by atoms with van der Waals surface area (Å²) in [5.41, 5.74) is 3.15. The largest absolute Gasteiger partial charge is 0.507 e. The highest BCUT2D eigenvalue weighted by atomic mass is 19.1. The summed E-state index contributed by atoms with van der Waals surface area (Å²) in [5.74, 6) is -0.675. The zero-order valence-corrected chi connectivity index (χ0v) is 17.0. The maximum absolute atomic E-state index is 14.5. The number of benzene rings is 4. The lowest BCUT2D eigenvalue weighted by molar-refractivity contribution is 0.0665. The molecular formula is C27H22FNO2. The fourth-order valence-corrected chi connectivity index (χ4v) is 4.56. The molecule has 31 heavy (non-hydrogen) atoms. The predicted octanol–water partition coefficient (Wildman–Crippen LogP) is 5.49. The van der Waals surface area contributed by atoms with Crippen molar-refractivity contribution >= 4 is 16.7 Å². The molecule has 0 bridgehead atoms. The lowest BCUT2D eigenvalue weighted by atomic mass is 10.0. The average molecular weight is 411 g/mol. The second-order valence-electron chi connectivity index (χ2n) is 8.04. The van der Waals surface area contributed by atoms with Crippen LogP contribution in [0.25, 0.3) is 10.8 Å². The smallest absolute Gasteiger partial charge is 0.258 e. The molecule has 4 heteroatoms. The second kappa shape index (κ2) is 7.88. The number of fused-ring (bicyclic) bond motifs is 2. The molecule has 4 aromatic rings. The Hall–Kier alpha value is -3.66. The first-order valence-electron chi connectivity index (χ1n) is 10.4. The Morgan fingerprint density at radius 2 is 1.52 bits per heavy atom. The molecule has 154 valence electrons. The zero-order chi connectivity index (χ0) is 21.4. The Morgan fingerprint density at radius 3 is 2.26 bits per heavy atom. The van der Waals surface area contributed by atoms with Crippen LogP contribution in [0.3, 0.4) is 0 Å². The summed E-state index contributed by atoms with van der Waals surface area (Å²) < 4.78 is 14.5. The SMILES string of the molecule is O=C(c1c(O)ccc2ccccc12)N(Cc1ccccc1F)C1Cc2ccccc2C1. The Balaban J connectivity index is 1.59. The molecule has 0 aliphatic heterocycles. The van der Waals surface area contributed by atoms with E-state index in [0.29, 0.717) is 23.8 Å². The van der Waals surface area contributed by atoms with Crippen LogP contribution in [-0.2, 0) is 19.4 Å². The first-order chi connectivity index (χ1) is 15.1. The van der Waals surface area contributed by atoms with Crippen molar-refractivity contribution in [1.82, 2.24) is 4.90 Å². The highest BCUT2D eigenvalue weighted by Gasteiger charge is 2.32. The summed E-state index contributed by atoms with van der Waals surface area (Å²) in [6.45, 7) is 0.146. The van der Waals surface area contributed by atoms with Gasteiger partial charge in [0.1, 0.15) is 11.6 Å². The Labute approximate surface area is 180 Å². The van der Waals surface area contributed by atoms with Gasteiger partial charge in [0.25, 0.3) is 5.91 Å². The van der Waals surface area contributed by atoms with E-state index in [9.17, 15) is 14.3 Å². The summed E-state index contributed by atoms with van der Waals surface area (Å²) >= 11 is 0. The number of aromatic hydroxyl groups is 1. The minimum atomic E-state index is -0.335. The average Bonchev–Trinajstić information content (AvgIpc) is 3.22. The summed E-state index contributed by atoms with van der Waals surface area (Å²) in [5, 5.41) is 12.2. The quantitative estimate of drug-likeness (QED) is 0.482. The monoisotopic (exact) mass is 411 g/mol. The fourth-order valence-electron chi connectivity index (χ4n) is 4.56. The number of halogens is 1. The molecule has 0 fully saturated rings. The van der Waals surface area contributed by atoms with Gasteiger partial charge < -0.3 is 10.0 Å². The molecule has 1 aliphatic carbocycles. The number of hydrogen-bond donors (Lipinski definition) is 1. The molecule has 5 rings (SSSR count). The second-order valence-corrected chi connectivity index (χ2v) is 8.04. The van der Waals surface area contributed by atoms with Crippen molar-refractivity contribution in [2.75, 3.05) is 0 Å². The van der Waals surface area contributed by atoms with Gasteiger partial charge in [-0.15, -0.1) is 0 Å². The molecule has 1 N–H and O–H groups in total. The molecule has 1 aliphatic rings. The van der Waals surface area contributed by atoms with Crippen LogP contribution in [0.4, 0.5) is 4.39 Å². The molecule has 0 spiro atoms. The van der Waals surface area contributed by atoms with E-state index >= 15 is 0 Å². The van der Waals surface area contributed by atoms with Crippen molar-refractivity contribution in [2.45, 2.75) is 25.4 Å². The molecule has 0 heterocycles. The molecule has 0 radical (unpaired) electrons. The molecule has 1 amide bonds. The Morgan fingerprint density at radius 1 is 0.871 bits per heavy atom. The zero-order valence-electron chi connectivity index (χ0n) is 17.0. The lowest BCUT2D eigenvalue weighted by Crippen LogP contribution is -2.40. The number of carbonyl (C=O) groups is 1. The summed E-state index contributed by atoms with van der Waals surface area (Å²) in [6, 6.07) is 25.5. The number of amides is 1. The highest BCUT2D eigenvalue weighted by molar-refractivity contribution is 6.09. The number of nitrogens with zero attached hydrogens (tertiary/aromatic N) is 1. The number of carbonyl (C=O) groups excluding carboxylic acids is 1. The number of phenolic OH excluding ortho intramolecular Hbond substituents is 1. The van der Waals surface area contributed by atoms with E-state index in [4.69, 9.17) is 0 Å². The normalized spacial score (nSPS) is 13.3. The first kappa shape index (κ1) is 19.3. The Bertz CT molecular complexity index is 1260. The molecular weight excluding hydrogens is 389 g/mol. The van der Waals surface area contributed by atoms with Crippen LogP contribution in [0.1, 0.15) is 27.0 Å². The van der Waals surface area contributed by atoms with Gasteiger partial charge in [-0.25, -0.2) is 4.39 Å². The van der Waals surface area contributed by atoms with Crippen molar-refractivity contribution in [1.29, 1.82) is 0 Å². The van der Waals surface area contributed by atoms with Crippen LogP contribution in [-0.4, -0.2) is 22.0 Å². The van der Waals surface area contributed by atoms with Crippen molar-refractivity contribution in [3.63, 3.8) is 0 Å². The predicted molar refractivity (Wildman–Crippen MR) is 120 cm³/mol. The minimum absolute atomic E-state index is 0.0576. The van der Waals surface area contributed by atoms with Gasteiger partial charge in [0.15, 0.2) is 0 Å². The van der Waals surface area contributed by atoms with Crippen LogP contribution >= 0.6 is 0 Å². The van der Waals surface area contributed by atoms with Crippen LogP contribution in [0.2, 0.25) is 0 Å². The standard InChI is InChI=1S/C27H22FNO2/c28-24-12-6-4-10-21(24)17-29(22-15-19-8-1-2-9-20(19)16-22)27(31)26-23-11-5-3-7-18(23)13-14-25(26)30/h1-14,22,30H,15-17H2. The molecule has 0 saturated heterocycles. The van der Waals surface area contributed by atoms with E-state index < -0.39 is 0 Å². The maximum Gasteiger partial charge on any atom is 0.258 e. The van der Waals surface area contributed by atoms with Crippen molar-refractivity contribution in [3.8, 4) is 5.75 Å². The van der Waals surface area contributed by atoms with E-state index in [1.54, 1.807) is 35.2 Å². The molecule has 0 saturated carbocycles. The van der Waals surface area contributed by atoms with Crippen LogP contribution in [0.5, 0.6) is 5.75 Å². The third kappa shape index (κ3) is 3.55. The minimum Gasteiger partial charge on any atom is -0.507 e. The van der Waals surface area contributed by atoms with Crippen LogP contribution in [0.15, 0.2) is 84.9 Å². The van der Waals surface area contributed by atoms with Gasteiger partial charge in [0, 0.05) is 18.2 Å². The van der Waals surface area contributed by atoms with Gasteiger partial charge in [-0.05, 0) is 46.9 Å². The third-order valence-corrected chi connectivity index (χ3v) is 6.15. The van der Waals surface area contributed by atoms with E-state index in [1.165, 1.54) is 17.2 Å². The molecule has 0 aromatic heterocycles. The van der Waals surface area contributed by atoms with Crippen LogP contribution < -0.4 is 0 Å². The van der Waals surface area contributed by atoms with Gasteiger partial charge in [-0.1, -0.05) is 72.8 Å². The van der Waals surface area contributed by atoms with Crippen molar-refractivity contribution in [3.05, 3.63) is 113 Å². The third-order valence-electron chi connectivity index (χ3n) is 6.15. The van der Waals surface area contributed by atoms with Gasteiger partial charge in [0.2, 0.25) is 0 Å². The summed E-state index contributed by atoms with van der Waals surface area (Å²) in [4.78, 5) is 15.6. The lowest BCUT2D eigenvalue weighted by Gasteiger charge is -2.30. The van der Waals surface area contributed by atoms with Crippen LogP contribution in [0, 0.1) is 5.82 Å². The van der Waals surface area contributed by atoms with Gasteiger partial charge in [-0.3, -0.25) is 4.79 Å². The Kier molecular flexibility index (Phi) is 4.91. The highest BCUT2D eigenvalue weighted by Crippen LogP contribution is 2.33. The first-order valence-corrected chi connectivity index (χ1v) is 10.4. The topological polar surface area (TPSA) is 40.5 Å². The van der Waals surface area contributed by atoms with Crippen molar-refractivity contribution < 1.29 is 14.3 Å². The molecule has 0 unspecified atom stereocenters. The fraction of sp³-hybridized carbons (Fsp3) is 0.148. The summed E-state index contributed by atoms with van der Waals surface area (Å²) in [7, 11) is 0. The summed E-state index contributed by atoms with van der Waals surface area (Å²) in [6.07, 6.45) is 1.42. The number of rotatable bonds is 4. The van der Waals surface area contributed by atoms with E-state index in [2.05, 4.69) is 12.1 Å². The van der Waals surface area contributed by atoms with E-state index in [0.717, 1.165) is 5.39 Å². The van der Waals surface area contributed by atoms with Gasteiger partial charge in [0.05, 0.1) is 5.56 Å². The van der Waals surface area contributed by atoms with E-state index in [-0.39, 0.29) is 35.6 Å². The van der Waals surface area contributed by atoms with Crippen molar-refractivity contribution in [2.24, 2.45) is 0 Å². The van der Waals surface area contributed by atoms with E-state index in [1.807, 2.05) is 36.4 Å². The number of phenols is 1. The number of hydrogen-bond acceptors (Lipinski definition) is 2. The molecule has 4 aromatic carbocycles. The molecule has 0 atom stereocenters. The van der Waals surface area contributed by atoms with Gasteiger partial charge >= 0.3 is 0 Å². The van der Waals surface area contributed by atoms with Gasteiger partial charge in [-0.2, -0.15) is 0 Å². The molecule has 3 nitrogen and oxygen atoms in total.